The molecule has 0 atom stereocenters. The Balaban J connectivity index is 1.64. The molecule has 0 aliphatic rings. The quantitative estimate of drug-likeness (QED) is 0.645. The molecule has 3 aromatic carbocycles. The third kappa shape index (κ3) is 4.81. The summed E-state index contributed by atoms with van der Waals surface area (Å²) in [6, 6.07) is 20.9. The first kappa shape index (κ1) is 20.5. The number of amides is 1. The van der Waals surface area contributed by atoms with Gasteiger partial charge in [0.1, 0.15) is 5.82 Å². The highest BCUT2D eigenvalue weighted by atomic mass is 32.2. The number of para-hydroxylation sites is 1. The first-order chi connectivity index (χ1) is 13.9. The summed E-state index contributed by atoms with van der Waals surface area (Å²) in [5, 5.41) is 2.72. The minimum absolute atomic E-state index is 0.0896. The van der Waals surface area contributed by atoms with Gasteiger partial charge >= 0.3 is 0 Å². The van der Waals surface area contributed by atoms with Crippen molar-refractivity contribution in [3.05, 3.63) is 95.8 Å². The Morgan fingerprint density at radius 1 is 0.931 bits per heavy atom. The van der Waals surface area contributed by atoms with E-state index in [1.807, 2.05) is 6.07 Å². The van der Waals surface area contributed by atoms with Crippen molar-refractivity contribution < 1.29 is 17.6 Å². The van der Waals surface area contributed by atoms with E-state index >= 15 is 0 Å². The average Bonchev–Trinajstić information content (AvgIpc) is 2.75. The zero-order chi connectivity index (χ0) is 20.9. The Morgan fingerprint density at radius 2 is 1.55 bits per heavy atom. The Kier molecular flexibility index (Phi) is 6.29. The summed E-state index contributed by atoms with van der Waals surface area (Å²) in [6.45, 7) is 0.274. The van der Waals surface area contributed by atoms with Crippen LogP contribution in [0.3, 0.4) is 0 Å². The van der Waals surface area contributed by atoms with Gasteiger partial charge in [0.25, 0.3) is 15.9 Å². The molecule has 0 fully saturated rings. The minimum atomic E-state index is -3.73. The Morgan fingerprint density at radius 3 is 2.21 bits per heavy atom. The molecule has 0 aliphatic carbocycles. The molecule has 0 radical (unpaired) electrons. The fourth-order valence-electron chi connectivity index (χ4n) is 2.83. The number of nitrogens with one attached hydrogen (secondary N) is 1. The molecule has 1 amide bonds. The highest BCUT2D eigenvalue weighted by Crippen LogP contribution is 2.21. The Hall–Kier alpha value is -3.19. The number of carbonyl (C=O) groups excluding carboxylic acids is 1. The summed E-state index contributed by atoms with van der Waals surface area (Å²) in [7, 11) is -2.25. The smallest absolute Gasteiger partial charge is 0.264 e. The van der Waals surface area contributed by atoms with Gasteiger partial charge in [-0.05, 0) is 54.4 Å². The van der Waals surface area contributed by atoms with E-state index in [1.165, 1.54) is 41.7 Å². The zero-order valence-electron chi connectivity index (χ0n) is 15.9. The maximum atomic E-state index is 13.6. The Labute approximate surface area is 169 Å². The minimum Gasteiger partial charge on any atom is -0.352 e. The fourth-order valence-corrected chi connectivity index (χ4v) is 4.02. The molecule has 29 heavy (non-hydrogen) atoms. The molecule has 7 heteroatoms. The van der Waals surface area contributed by atoms with Crippen molar-refractivity contribution in [3.63, 3.8) is 0 Å². The van der Waals surface area contributed by atoms with E-state index in [0.717, 1.165) is 0 Å². The monoisotopic (exact) mass is 412 g/mol. The van der Waals surface area contributed by atoms with Gasteiger partial charge in [-0.1, -0.05) is 36.4 Å². The van der Waals surface area contributed by atoms with E-state index in [2.05, 4.69) is 5.32 Å². The molecule has 3 aromatic rings. The van der Waals surface area contributed by atoms with Crippen LogP contribution in [-0.4, -0.2) is 27.9 Å². The molecule has 1 N–H and O–H groups in total. The number of hydrogen-bond acceptors (Lipinski definition) is 3. The molecular formula is C22H21FN2O3S. The largest absolute Gasteiger partial charge is 0.352 e. The molecule has 5 nitrogen and oxygen atoms in total. The number of nitrogens with zero attached hydrogens (tertiary/aromatic N) is 1. The number of carbonyl (C=O) groups is 1. The van der Waals surface area contributed by atoms with Crippen molar-refractivity contribution >= 4 is 21.6 Å². The van der Waals surface area contributed by atoms with Crippen LogP contribution < -0.4 is 9.62 Å². The van der Waals surface area contributed by atoms with Crippen molar-refractivity contribution in [2.24, 2.45) is 0 Å². The van der Waals surface area contributed by atoms with E-state index in [1.54, 1.807) is 42.5 Å². The summed E-state index contributed by atoms with van der Waals surface area (Å²) in [5.41, 5.74) is 1.40. The van der Waals surface area contributed by atoms with Crippen molar-refractivity contribution in [3.8, 4) is 0 Å². The molecule has 0 spiro atoms. The second kappa shape index (κ2) is 8.87. The van der Waals surface area contributed by atoms with E-state index in [4.69, 9.17) is 0 Å². The number of benzene rings is 3. The number of hydrogen-bond donors (Lipinski definition) is 1. The number of anilines is 1. The van der Waals surface area contributed by atoms with Gasteiger partial charge in [0.05, 0.1) is 10.6 Å². The Bertz CT molecular complexity index is 1080. The molecule has 150 valence electrons. The van der Waals surface area contributed by atoms with Crippen LogP contribution in [0.4, 0.5) is 10.1 Å². The van der Waals surface area contributed by atoms with Gasteiger partial charge in [0.15, 0.2) is 0 Å². The summed E-state index contributed by atoms with van der Waals surface area (Å²) in [6.07, 6.45) is 0.368. The molecular weight excluding hydrogens is 391 g/mol. The van der Waals surface area contributed by atoms with Crippen LogP contribution in [0.25, 0.3) is 0 Å². The third-order valence-corrected chi connectivity index (χ3v) is 6.33. The van der Waals surface area contributed by atoms with E-state index in [9.17, 15) is 17.6 Å². The van der Waals surface area contributed by atoms with Gasteiger partial charge in [-0.25, -0.2) is 12.8 Å². The highest BCUT2D eigenvalue weighted by Gasteiger charge is 2.21. The fraction of sp³-hybridized carbons (Fsp3) is 0.136. The van der Waals surface area contributed by atoms with Gasteiger partial charge in [-0.15, -0.1) is 0 Å². The van der Waals surface area contributed by atoms with Gasteiger partial charge in [-0.3, -0.25) is 9.10 Å². The standard InChI is InChI=1S/C22H21FN2O3S/c1-25(19-8-3-2-4-9-19)29(27,28)20-13-11-18(12-14-20)22(26)24-16-15-17-7-5-6-10-21(17)23/h2-14H,15-16H2,1H3,(H,24,26). The van der Waals surface area contributed by atoms with Crippen molar-refractivity contribution in [1.82, 2.24) is 5.32 Å². The van der Waals surface area contributed by atoms with Gasteiger partial charge < -0.3 is 5.32 Å². The van der Waals surface area contributed by atoms with Gasteiger partial charge in [0.2, 0.25) is 0 Å². The average molecular weight is 412 g/mol. The highest BCUT2D eigenvalue weighted by molar-refractivity contribution is 7.92. The van der Waals surface area contributed by atoms with Crippen LogP contribution in [0, 0.1) is 5.82 Å². The van der Waals surface area contributed by atoms with Crippen molar-refractivity contribution in [2.45, 2.75) is 11.3 Å². The van der Waals surface area contributed by atoms with Crippen LogP contribution >= 0.6 is 0 Å². The molecule has 3 rings (SSSR count). The van der Waals surface area contributed by atoms with E-state index < -0.39 is 10.0 Å². The molecule has 0 bridgehead atoms. The van der Waals surface area contributed by atoms with Crippen LogP contribution in [0.5, 0.6) is 0 Å². The van der Waals surface area contributed by atoms with E-state index in [-0.39, 0.29) is 23.2 Å². The van der Waals surface area contributed by atoms with Crippen LogP contribution in [-0.2, 0) is 16.4 Å². The van der Waals surface area contributed by atoms with Crippen molar-refractivity contribution in [2.75, 3.05) is 17.9 Å². The first-order valence-electron chi connectivity index (χ1n) is 9.05. The lowest BCUT2D eigenvalue weighted by Gasteiger charge is -2.19. The molecule has 0 saturated heterocycles. The van der Waals surface area contributed by atoms with Gasteiger partial charge in [-0.2, -0.15) is 0 Å². The summed E-state index contributed by atoms with van der Waals surface area (Å²) >= 11 is 0. The summed E-state index contributed by atoms with van der Waals surface area (Å²) < 4.78 is 40.3. The summed E-state index contributed by atoms with van der Waals surface area (Å²) in [5.74, 6) is -0.652. The predicted octanol–water partition coefficient (Wildman–Crippen LogP) is 3.62. The number of sulfonamides is 1. The first-order valence-corrected chi connectivity index (χ1v) is 10.5. The lowest BCUT2D eigenvalue weighted by molar-refractivity contribution is 0.0954. The molecule has 0 aromatic heterocycles. The normalized spacial score (nSPS) is 11.1. The second-order valence-electron chi connectivity index (χ2n) is 6.43. The number of rotatable bonds is 7. The lowest BCUT2D eigenvalue weighted by atomic mass is 10.1. The number of halogens is 1. The van der Waals surface area contributed by atoms with Crippen LogP contribution in [0.15, 0.2) is 83.8 Å². The van der Waals surface area contributed by atoms with E-state index in [0.29, 0.717) is 23.2 Å². The molecule has 0 aliphatic heterocycles. The topological polar surface area (TPSA) is 66.5 Å². The van der Waals surface area contributed by atoms with Gasteiger partial charge in [0, 0.05) is 19.2 Å². The zero-order valence-corrected chi connectivity index (χ0v) is 16.7. The summed E-state index contributed by atoms with van der Waals surface area (Å²) in [4.78, 5) is 12.4. The predicted molar refractivity (Wildman–Crippen MR) is 111 cm³/mol. The second-order valence-corrected chi connectivity index (χ2v) is 8.40. The van der Waals surface area contributed by atoms with Crippen LogP contribution in [0.2, 0.25) is 0 Å². The molecule has 0 unspecified atom stereocenters. The third-order valence-electron chi connectivity index (χ3n) is 4.53. The maximum absolute atomic E-state index is 13.6. The van der Waals surface area contributed by atoms with Crippen molar-refractivity contribution in [1.29, 1.82) is 0 Å². The lowest BCUT2D eigenvalue weighted by Crippen LogP contribution is -2.27. The van der Waals surface area contributed by atoms with Crippen LogP contribution in [0.1, 0.15) is 15.9 Å². The maximum Gasteiger partial charge on any atom is 0.264 e. The molecule has 0 heterocycles. The molecule has 0 saturated carbocycles. The SMILES string of the molecule is CN(c1ccccc1)S(=O)(=O)c1ccc(C(=O)NCCc2ccccc2F)cc1.